The van der Waals surface area contributed by atoms with Gasteiger partial charge in [-0.15, -0.1) is 0 Å². The number of hydrogen-bond acceptors (Lipinski definition) is 2. The summed E-state index contributed by atoms with van der Waals surface area (Å²) in [5.41, 5.74) is 3.13. The molecule has 3 nitrogen and oxygen atoms in total. The minimum absolute atomic E-state index is 0.327. The van der Waals surface area contributed by atoms with Crippen LogP contribution in [0.5, 0.6) is 0 Å². The van der Waals surface area contributed by atoms with Crippen molar-refractivity contribution in [3.05, 3.63) is 88.0 Å². The molecule has 0 aliphatic carbocycles. The monoisotopic (exact) mass is 457 g/mol. The van der Waals surface area contributed by atoms with Crippen molar-refractivity contribution in [2.45, 2.75) is 45.6 Å². The number of nitrogens with one attached hydrogen (secondary N) is 2. The van der Waals surface area contributed by atoms with Crippen molar-refractivity contribution in [3.63, 3.8) is 0 Å². The summed E-state index contributed by atoms with van der Waals surface area (Å²) in [6.07, 6.45) is 7.92. The van der Waals surface area contributed by atoms with E-state index in [0.29, 0.717) is 24.1 Å². The van der Waals surface area contributed by atoms with E-state index in [2.05, 4.69) is 41.2 Å². The Balaban J connectivity index is 1.85. The summed E-state index contributed by atoms with van der Waals surface area (Å²) in [7, 11) is 1.40. The van der Waals surface area contributed by atoms with Gasteiger partial charge >= 0.3 is 0 Å². The molecule has 1 aliphatic rings. The Kier molecular flexibility index (Phi) is 9.18. The first-order chi connectivity index (χ1) is 15.5. The van der Waals surface area contributed by atoms with Crippen molar-refractivity contribution in [2.24, 2.45) is 10.3 Å². The van der Waals surface area contributed by atoms with Crippen LogP contribution in [0.4, 0.5) is 8.78 Å². The Morgan fingerprint density at radius 1 is 1.19 bits per heavy atom. The van der Waals surface area contributed by atoms with Crippen LogP contribution in [0.3, 0.4) is 0 Å². The molecule has 3 atom stereocenters. The number of halogens is 2. The molecule has 0 amide bonds. The van der Waals surface area contributed by atoms with Gasteiger partial charge in [-0.1, -0.05) is 49.4 Å². The molecular weight excluding hydrogens is 424 g/mol. The van der Waals surface area contributed by atoms with E-state index in [4.69, 9.17) is 4.36 Å². The lowest BCUT2D eigenvalue weighted by Gasteiger charge is -2.24. The smallest absolute Gasteiger partial charge is 0.159 e. The molecule has 0 saturated carbocycles. The molecule has 2 aromatic rings. The maximum absolute atomic E-state index is 13.8. The molecule has 172 valence electrons. The van der Waals surface area contributed by atoms with E-state index in [9.17, 15) is 8.78 Å². The zero-order chi connectivity index (χ0) is 22.9. The van der Waals surface area contributed by atoms with E-state index in [1.54, 1.807) is 6.07 Å². The maximum Gasteiger partial charge on any atom is 0.159 e. The fourth-order valence-electron chi connectivity index (χ4n) is 3.93. The van der Waals surface area contributed by atoms with Crippen LogP contribution in [-0.4, -0.2) is 19.6 Å². The van der Waals surface area contributed by atoms with Gasteiger partial charge in [-0.2, -0.15) is 0 Å². The van der Waals surface area contributed by atoms with Crippen molar-refractivity contribution in [2.75, 3.05) is 13.6 Å². The SMILES string of the molecule is CCN=S1NC(C(C)CCc2ccccc2)CCC(=C\c2ccc(F)c(F)c2)/C1=C\NC. The Morgan fingerprint density at radius 3 is 2.66 bits per heavy atom. The van der Waals surface area contributed by atoms with Gasteiger partial charge in [0.2, 0.25) is 0 Å². The molecule has 1 fully saturated rings. The fraction of sp³-hybridized carbons (Fsp3) is 0.385. The highest BCUT2D eigenvalue weighted by molar-refractivity contribution is 7.89. The minimum atomic E-state index is -0.825. The van der Waals surface area contributed by atoms with Gasteiger partial charge in [0, 0.05) is 36.7 Å². The number of hydrogen-bond donors (Lipinski definition) is 2. The van der Waals surface area contributed by atoms with Crippen LogP contribution in [0.2, 0.25) is 0 Å². The lowest BCUT2D eigenvalue weighted by Crippen LogP contribution is -2.35. The van der Waals surface area contributed by atoms with Crippen LogP contribution in [0, 0.1) is 17.6 Å². The highest BCUT2D eigenvalue weighted by Crippen LogP contribution is 2.30. The number of nitrogens with zero attached hydrogens (tertiary/aromatic N) is 1. The summed E-state index contributed by atoms with van der Waals surface area (Å²) >= 11 is 0. The van der Waals surface area contributed by atoms with Gasteiger partial charge in [0.1, 0.15) is 0 Å². The molecule has 0 spiro atoms. The predicted octanol–water partition coefficient (Wildman–Crippen LogP) is 6.17. The Labute approximate surface area is 193 Å². The number of rotatable bonds is 7. The second-order valence-corrected chi connectivity index (χ2v) is 9.64. The van der Waals surface area contributed by atoms with Crippen LogP contribution >= 0.6 is 0 Å². The molecule has 2 aromatic carbocycles. The normalized spacial score (nSPS) is 22.8. The molecule has 0 aromatic heterocycles. The Hall–Kier alpha value is -2.31. The topological polar surface area (TPSA) is 36.4 Å². The molecule has 1 aliphatic heterocycles. The van der Waals surface area contributed by atoms with Crippen molar-refractivity contribution in [1.29, 1.82) is 0 Å². The van der Waals surface area contributed by atoms with Crippen LogP contribution in [-0.2, 0) is 17.3 Å². The summed E-state index contributed by atoms with van der Waals surface area (Å²) in [4.78, 5) is 1.08. The average molecular weight is 458 g/mol. The molecule has 1 heterocycles. The highest BCUT2D eigenvalue weighted by atomic mass is 32.2. The number of aryl methyl sites for hydroxylation is 1. The van der Waals surface area contributed by atoms with E-state index in [1.807, 2.05) is 32.3 Å². The quantitative estimate of drug-likeness (QED) is 0.522. The number of allylic oxidation sites excluding steroid dienone is 1. The van der Waals surface area contributed by atoms with Crippen LogP contribution in [0.15, 0.2) is 69.6 Å². The van der Waals surface area contributed by atoms with E-state index in [1.165, 1.54) is 17.7 Å². The summed E-state index contributed by atoms with van der Waals surface area (Å²) in [5, 5.41) is 3.15. The van der Waals surface area contributed by atoms with E-state index in [0.717, 1.165) is 36.2 Å². The average Bonchev–Trinajstić information content (AvgIpc) is 2.96. The van der Waals surface area contributed by atoms with Gasteiger partial charge in [0.05, 0.1) is 4.91 Å². The first-order valence-electron chi connectivity index (χ1n) is 11.3. The van der Waals surface area contributed by atoms with Crippen molar-refractivity contribution in [3.8, 4) is 0 Å². The lowest BCUT2D eigenvalue weighted by molar-refractivity contribution is 0.389. The van der Waals surface area contributed by atoms with E-state index < -0.39 is 22.5 Å². The van der Waals surface area contributed by atoms with Gasteiger partial charge in [0.15, 0.2) is 11.6 Å². The molecule has 6 heteroatoms. The van der Waals surface area contributed by atoms with Gasteiger partial charge in [-0.25, -0.2) is 17.9 Å². The highest BCUT2D eigenvalue weighted by Gasteiger charge is 2.25. The van der Waals surface area contributed by atoms with E-state index >= 15 is 0 Å². The molecule has 3 unspecified atom stereocenters. The first kappa shape index (κ1) is 24.3. The summed E-state index contributed by atoms with van der Waals surface area (Å²) in [6.45, 7) is 5.06. The molecule has 2 N–H and O–H groups in total. The maximum atomic E-state index is 13.8. The van der Waals surface area contributed by atoms with Gasteiger partial charge in [-0.05, 0) is 67.4 Å². The van der Waals surface area contributed by atoms with Crippen molar-refractivity contribution >= 4 is 17.0 Å². The third-order valence-electron chi connectivity index (χ3n) is 5.75. The number of benzene rings is 2. The molecule has 1 saturated heterocycles. The minimum Gasteiger partial charge on any atom is -0.393 e. The van der Waals surface area contributed by atoms with Crippen LogP contribution < -0.4 is 10.0 Å². The Morgan fingerprint density at radius 2 is 1.97 bits per heavy atom. The van der Waals surface area contributed by atoms with E-state index in [-0.39, 0.29) is 0 Å². The standard InChI is InChI=1S/C26H33F2N3S/c1-4-30-32-26(18-29-3)22(16-21-12-14-23(27)24(28)17-21)13-15-25(31-32)19(2)10-11-20-8-6-5-7-9-20/h5-9,12,14,16-19,25,29H,4,10-11,13,15H2,1-3H3,(H,30,31)/b22-16+,26-18+. The fourth-order valence-corrected chi connectivity index (χ4v) is 5.80. The second kappa shape index (κ2) is 12.1. The molecule has 32 heavy (non-hydrogen) atoms. The van der Waals surface area contributed by atoms with Gasteiger partial charge < -0.3 is 5.32 Å². The molecular formula is C26H33F2N3S. The van der Waals surface area contributed by atoms with Gasteiger partial charge in [-0.3, -0.25) is 0 Å². The molecule has 0 radical (unpaired) electrons. The van der Waals surface area contributed by atoms with Crippen molar-refractivity contribution < 1.29 is 8.78 Å². The lowest BCUT2D eigenvalue weighted by atomic mass is 9.90. The zero-order valence-corrected chi connectivity index (χ0v) is 19.9. The third-order valence-corrected chi connectivity index (χ3v) is 7.59. The molecule has 3 rings (SSSR count). The Bertz CT molecular complexity index is 986. The zero-order valence-electron chi connectivity index (χ0n) is 19.1. The summed E-state index contributed by atoms with van der Waals surface area (Å²) in [5.74, 6) is -1.17. The summed E-state index contributed by atoms with van der Waals surface area (Å²) in [6, 6.07) is 15.0. The van der Waals surface area contributed by atoms with Crippen LogP contribution in [0.25, 0.3) is 6.08 Å². The van der Waals surface area contributed by atoms with Crippen molar-refractivity contribution in [1.82, 2.24) is 10.0 Å². The van der Waals surface area contributed by atoms with Gasteiger partial charge in [0.25, 0.3) is 0 Å². The second-order valence-electron chi connectivity index (χ2n) is 8.13. The third kappa shape index (κ3) is 6.59. The first-order valence-corrected chi connectivity index (χ1v) is 12.5. The predicted molar refractivity (Wildman–Crippen MR) is 132 cm³/mol. The van der Waals surface area contributed by atoms with Crippen LogP contribution in [0.1, 0.15) is 44.2 Å². The molecule has 0 bridgehead atoms. The largest absolute Gasteiger partial charge is 0.393 e. The summed E-state index contributed by atoms with van der Waals surface area (Å²) < 4.78 is 35.8.